The molecule has 1 aromatic carbocycles. The normalized spacial score (nSPS) is 23.4. The summed E-state index contributed by atoms with van der Waals surface area (Å²) in [5.74, 6) is 0.855. The van der Waals surface area contributed by atoms with E-state index in [4.69, 9.17) is 9.47 Å². The van der Waals surface area contributed by atoms with Crippen LogP contribution in [0.2, 0.25) is 0 Å². The number of piperidine rings is 1. The fraction of sp³-hybridized carbons (Fsp3) is 0.704. The third-order valence-corrected chi connectivity index (χ3v) is 7.95. The first-order chi connectivity index (χ1) is 17.0. The molecule has 4 rings (SSSR count). The summed E-state index contributed by atoms with van der Waals surface area (Å²) >= 11 is 0. The first-order valence-electron chi connectivity index (χ1n) is 13.2. The summed E-state index contributed by atoms with van der Waals surface area (Å²) in [7, 11) is 3.95. The topological polar surface area (TPSA) is 65.6 Å². The van der Waals surface area contributed by atoms with Crippen molar-refractivity contribution in [2.24, 2.45) is 5.41 Å². The molecule has 0 N–H and O–H groups in total. The van der Waals surface area contributed by atoms with Gasteiger partial charge in [0.25, 0.3) is 5.91 Å². The summed E-state index contributed by atoms with van der Waals surface area (Å²) in [5, 5.41) is 0. The average molecular weight is 487 g/mol. The molecule has 0 aliphatic carbocycles. The molecular formula is C27H42N4O4. The highest BCUT2D eigenvalue weighted by Crippen LogP contribution is 2.38. The summed E-state index contributed by atoms with van der Waals surface area (Å²) in [5.41, 5.74) is 0.610. The maximum Gasteiger partial charge on any atom is 0.257 e. The molecule has 3 aliphatic heterocycles. The van der Waals surface area contributed by atoms with Crippen LogP contribution in [0.1, 0.15) is 42.5 Å². The second kappa shape index (κ2) is 12.2. The van der Waals surface area contributed by atoms with Crippen molar-refractivity contribution in [1.29, 1.82) is 0 Å². The lowest BCUT2D eigenvalue weighted by molar-refractivity contribution is -0.135. The van der Waals surface area contributed by atoms with Gasteiger partial charge in [-0.2, -0.15) is 0 Å². The average Bonchev–Trinajstić information content (AvgIpc) is 2.88. The molecule has 0 bridgehead atoms. The maximum absolute atomic E-state index is 13.0. The standard InChI is InChI=1S/C27H42N4O4/c1-28-14-16-30(17-15-28)21-25(32)31-12-10-27(11-13-31)9-5-6-19-34-20-18-29(2)26(33)23-7-3-4-8-24(23)35-22-27/h3-4,7-8H,5-6,9-22H2,1-2H3. The van der Waals surface area contributed by atoms with Crippen LogP contribution in [0.3, 0.4) is 0 Å². The van der Waals surface area contributed by atoms with Crippen LogP contribution in [0.4, 0.5) is 0 Å². The van der Waals surface area contributed by atoms with Crippen LogP contribution in [-0.4, -0.2) is 118 Å². The molecule has 35 heavy (non-hydrogen) atoms. The predicted molar refractivity (Wildman–Crippen MR) is 136 cm³/mol. The molecule has 2 fully saturated rings. The van der Waals surface area contributed by atoms with Gasteiger partial charge in [-0.1, -0.05) is 18.6 Å². The van der Waals surface area contributed by atoms with Crippen LogP contribution >= 0.6 is 0 Å². The van der Waals surface area contributed by atoms with Crippen LogP contribution < -0.4 is 4.74 Å². The van der Waals surface area contributed by atoms with Crippen molar-refractivity contribution in [3.63, 3.8) is 0 Å². The lowest BCUT2D eigenvalue weighted by Crippen LogP contribution is -2.51. The Kier molecular flexibility index (Phi) is 9.03. The number of fused-ring (bicyclic) bond motifs is 1. The van der Waals surface area contributed by atoms with Crippen LogP contribution in [0.25, 0.3) is 0 Å². The second-order valence-corrected chi connectivity index (χ2v) is 10.5. The Hall–Kier alpha value is -2.16. The zero-order valence-corrected chi connectivity index (χ0v) is 21.5. The molecule has 0 radical (unpaired) electrons. The van der Waals surface area contributed by atoms with E-state index < -0.39 is 0 Å². The zero-order valence-electron chi connectivity index (χ0n) is 21.5. The number of benzene rings is 1. The van der Waals surface area contributed by atoms with E-state index in [1.165, 1.54) is 0 Å². The molecule has 2 saturated heterocycles. The minimum atomic E-state index is -0.0420. The van der Waals surface area contributed by atoms with Gasteiger partial charge in [-0.3, -0.25) is 14.5 Å². The van der Waals surface area contributed by atoms with Crippen molar-refractivity contribution in [2.75, 3.05) is 86.3 Å². The minimum Gasteiger partial charge on any atom is -0.492 e. The summed E-state index contributed by atoms with van der Waals surface area (Å²) < 4.78 is 12.2. The van der Waals surface area contributed by atoms with Gasteiger partial charge in [0.1, 0.15) is 5.75 Å². The number of carbonyl (C=O) groups is 2. The minimum absolute atomic E-state index is 0.0107. The van der Waals surface area contributed by atoms with E-state index in [0.29, 0.717) is 44.2 Å². The highest BCUT2D eigenvalue weighted by Gasteiger charge is 2.37. The molecule has 2 amide bonds. The highest BCUT2D eigenvalue weighted by molar-refractivity contribution is 5.96. The quantitative estimate of drug-likeness (QED) is 0.639. The largest absolute Gasteiger partial charge is 0.492 e. The number of rotatable bonds is 2. The van der Waals surface area contributed by atoms with E-state index in [1.54, 1.807) is 4.90 Å². The first kappa shape index (κ1) is 25.9. The van der Waals surface area contributed by atoms with E-state index in [2.05, 4.69) is 16.8 Å². The van der Waals surface area contributed by atoms with E-state index in [0.717, 1.165) is 71.4 Å². The lowest BCUT2D eigenvalue weighted by atomic mass is 9.75. The Morgan fingerprint density at radius 1 is 0.914 bits per heavy atom. The molecule has 1 aromatic rings. The summed E-state index contributed by atoms with van der Waals surface area (Å²) in [6.07, 6.45) is 4.99. The van der Waals surface area contributed by atoms with Gasteiger partial charge in [0, 0.05) is 64.9 Å². The van der Waals surface area contributed by atoms with E-state index >= 15 is 0 Å². The monoisotopic (exact) mass is 486 g/mol. The number of likely N-dealkylation sites (tertiary alicyclic amines) is 1. The van der Waals surface area contributed by atoms with Gasteiger partial charge in [-0.05, 0) is 44.9 Å². The predicted octanol–water partition coefficient (Wildman–Crippen LogP) is 2.19. The smallest absolute Gasteiger partial charge is 0.257 e. The molecule has 1 spiro atoms. The third-order valence-electron chi connectivity index (χ3n) is 7.95. The number of piperazine rings is 1. The van der Waals surface area contributed by atoms with Gasteiger partial charge in [0.05, 0.1) is 25.3 Å². The molecule has 194 valence electrons. The fourth-order valence-electron chi connectivity index (χ4n) is 5.31. The maximum atomic E-state index is 13.0. The van der Waals surface area contributed by atoms with E-state index in [9.17, 15) is 9.59 Å². The second-order valence-electron chi connectivity index (χ2n) is 10.5. The number of ether oxygens (including phenoxy) is 2. The summed E-state index contributed by atoms with van der Waals surface area (Å²) in [4.78, 5) is 34.4. The van der Waals surface area contributed by atoms with Crippen molar-refractivity contribution in [1.82, 2.24) is 19.6 Å². The molecule has 8 nitrogen and oxygen atoms in total. The van der Waals surface area contributed by atoms with Crippen LogP contribution in [0.15, 0.2) is 24.3 Å². The van der Waals surface area contributed by atoms with Crippen molar-refractivity contribution >= 4 is 11.8 Å². The van der Waals surface area contributed by atoms with Gasteiger partial charge in [0.15, 0.2) is 0 Å². The van der Waals surface area contributed by atoms with Crippen molar-refractivity contribution in [3.8, 4) is 5.75 Å². The van der Waals surface area contributed by atoms with Gasteiger partial charge < -0.3 is 24.2 Å². The number of nitrogens with zero attached hydrogens (tertiary/aromatic N) is 4. The molecular weight excluding hydrogens is 444 g/mol. The molecule has 8 heteroatoms. The van der Waals surface area contributed by atoms with Crippen molar-refractivity contribution < 1.29 is 19.1 Å². The number of para-hydroxylation sites is 1. The van der Waals surface area contributed by atoms with Gasteiger partial charge in [0.2, 0.25) is 5.91 Å². The fourth-order valence-corrected chi connectivity index (χ4v) is 5.31. The van der Waals surface area contributed by atoms with Gasteiger partial charge >= 0.3 is 0 Å². The van der Waals surface area contributed by atoms with Crippen molar-refractivity contribution in [3.05, 3.63) is 29.8 Å². The molecule has 3 heterocycles. The van der Waals surface area contributed by atoms with E-state index in [1.807, 2.05) is 36.2 Å². The van der Waals surface area contributed by atoms with Gasteiger partial charge in [-0.15, -0.1) is 0 Å². The van der Waals surface area contributed by atoms with E-state index in [-0.39, 0.29) is 17.2 Å². The third kappa shape index (κ3) is 6.96. The molecule has 0 aromatic heterocycles. The zero-order chi connectivity index (χ0) is 24.7. The number of amides is 2. The number of hydrogen-bond donors (Lipinski definition) is 0. The Morgan fingerprint density at radius 2 is 1.66 bits per heavy atom. The first-order valence-corrected chi connectivity index (χ1v) is 13.2. The SMILES string of the molecule is CN1CCN(CC(=O)N2CCC3(CCCCOCCN(C)C(=O)c4ccccc4OC3)CC2)CC1. The Morgan fingerprint density at radius 3 is 2.43 bits per heavy atom. The molecule has 0 saturated carbocycles. The Labute approximate surface area is 210 Å². The summed E-state index contributed by atoms with van der Waals surface area (Å²) in [6.45, 7) is 8.44. The lowest BCUT2D eigenvalue weighted by Gasteiger charge is -2.42. The van der Waals surface area contributed by atoms with Crippen LogP contribution in [0, 0.1) is 5.41 Å². The number of carbonyl (C=O) groups excluding carboxylic acids is 2. The Balaban J connectivity index is 1.40. The molecule has 0 unspecified atom stereocenters. The highest BCUT2D eigenvalue weighted by atomic mass is 16.5. The van der Waals surface area contributed by atoms with Gasteiger partial charge in [-0.25, -0.2) is 0 Å². The molecule has 3 aliphatic rings. The number of hydrogen-bond acceptors (Lipinski definition) is 6. The Bertz CT molecular complexity index is 847. The van der Waals surface area contributed by atoms with Crippen molar-refractivity contribution in [2.45, 2.75) is 32.1 Å². The summed E-state index contributed by atoms with van der Waals surface area (Å²) in [6, 6.07) is 7.54. The molecule has 0 atom stereocenters. The van der Waals surface area contributed by atoms with Crippen LogP contribution in [0.5, 0.6) is 5.75 Å². The van der Waals surface area contributed by atoms with Crippen LogP contribution in [-0.2, 0) is 9.53 Å². The number of likely N-dealkylation sites (N-methyl/N-ethyl adjacent to an activating group) is 2.